The summed E-state index contributed by atoms with van der Waals surface area (Å²) in [5.41, 5.74) is 1.49. The quantitative estimate of drug-likeness (QED) is 0.366. The van der Waals surface area contributed by atoms with Gasteiger partial charge >= 0.3 is 0 Å². The van der Waals surface area contributed by atoms with Crippen LogP contribution in [0.2, 0.25) is 0 Å². The number of nitrogens with zero attached hydrogens (tertiary/aromatic N) is 2. The highest BCUT2D eigenvalue weighted by Crippen LogP contribution is 2.41. The minimum Gasteiger partial charge on any atom is -0.457 e. The van der Waals surface area contributed by atoms with Crippen LogP contribution in [-0.4, -0.2) is 20.7 Å². The highest BCUT2D eigenvalue weighted by molar-refractivity contribution is 8.19. The van der Waals surface area contributed by atoms with Crippen molar-refractivity contribution in [3.8, 4) is 11.3 Å². The van der Waals surface area contributed by atoms with Gasteiger partial charge in [0.25, 0.3) is 5.69 Å². The van der Waals surface area contributed by atoms with Gasteiger partial charge in [-0.3, -0.25) is 20.3 Å². The van der Waals surface area contributed by atoms with Crippen LogP contribution >= 0.6 is 23.1 Å². The van der Waals surface area contributed by atoms with Gasteiger partial charge < -0.3 is 4.42 Å². The van der Waals surface area contributed by atoms with E-state index in [1.165, 1.54) is 23.5 Å². The number of thiazole rings is 1. The van der Waals surface area contributed by atoms with Crippen LogP contribution in [0.5, 0.6) is 0 Å². The average Bonchev–Trinajstić information content (AvgIpc) is 3.37. The number of aromatic nitrogens is 1. The molecule has 28 heavy (non-hydrogen) atoms. The number of hydrogen-bond donors (Lipinski definition) is 1. The number of nitro groups is 1. The maximum atomic E-state index is 12.7. The summed E-state index contributed by atoms with van der Waals surface area (Å²) in [4.78, 5) is 27.7. The molecule has 3 aromatic rings. The number of benzene rings is 1. The van der Waals surface area contributed by atoms with Gasteiger partial charge in [-0.1, -0.05) is 11.8 Å². The van der Waals surface area contributed by atoms with Crippen LogP contribution in [0, 0.1) is 22.4 Å². The smallest absolute Gasteiger partial charge is 0.269 e. The molecular weight excluding hydrogens is 398 g/mol. The van der Waals surface area contributed by atoms with Gasteiger partial charge in [-0.25, -0.2) is 4.98 Å². The van der Waals surface area contributed by atoms with Gasteiger partial charge in [-0.2, -0.15) is 0 Å². The van der Waals surface area contributed by atoms with Crippen molar-refractivity contribution in [1.82, 2.24) is 4.98 Å². The van der Waals surface area contributed by atoms with Gasteiger partial charge in [0.05, 0.1) is 14.9 Å². The van der Waals surface area contributed by atoms with Gasteiger partial charge in [0.2, 0.25) is 0 Å². The number of Topliss-reactive ketones (excluding diaryl/α,β-unsaturated/α-hetero) is 1. The van der Waals surface area contributed by atoms with Crippen LogP contribution in [0.1, 0.15) is 22.2 Å². The maximum Gasteiger partial charge on any atom is 0.269 e. The lowest BCUT2D eigenvalue weighted by Crippen LogP contribution is -2.11. The molecular formula is C19H13N3O4S2. The molecule has 1 aromatic carbocycles. The minimum atomic E-state index is -0.636. The first kappa shape index (κ1) is 18.3. The van der Waals surface area contributed by atoms with E-state index in [1.54, 1.807) is 42.8 Å². The van der Waals surface area contributed by atoms with Crippen LogP contribution in [0.25, 0.3) is 17.4 Å². The highest BCUT2D eigenvalue weighted by Gasteiger charge is 2.38. The second-order valence-corrected chi connectivity index (χ2v) is 8.11. The van der Waals surface area contributed by atoms with Gasteiger partial charge in [0.15, 0.2) is 5.78 Å². The fraction of sp³-hybridized carbons (Fsp3) is 0.105. The molecule has 1 aliphatic heterocycles. The van der Waals surface area contributed by atoms with Gasteiger partial charge in [-0.15, -0.1) is 11.3 Å². The third kappa shape index (κ3) is 3.30. The van der Waals surface area contributed by atoms with Crippen molar-refractivity contribution in [2.24, 2.45) is 0 Å². The normalized spacial score (nSPS) is 18.2. The molecule has 1 atom stereocenters. The molecule has 0 saturated carbocycles. The largest absolute Gasteiger partial charge is 0.457 e. The predicted molar refractivity (Wildman–Crippen MR) is 109 cm³/mol. The average molecular weight is 411 g/mol. The van der Waals surface area contributed by atoms with Crippen LogP contribution in [0.4, 0.5) is 5.69 Å². The minimum absolute atomic E-state index is 0.0230. The number of thioether (sulfide) groups is 1. The standard InChI is InChI=1S/C19H13N3O4S2/c1-10-8-11(22(24)25)2-4-13(10)14-5-3-12(26-14)9-15-17(23)16(18(20)28-15)19-21-6-7-27-19/h2-9,16,20H,1H3/b15-9-,20-18?/t16-/m0/s1. The van der Waals surface area contributed by atoms with Crippen LogP contribution < -0.4 is 0 Å². The topological polar surface area (TPSA) is 110 Å². The fourth-order valence-corrected chi connectivity index (χ4v) is 4.72. The fourth-order valence-electron chi connectivity index (χ4n) is 2.93. The van der Waals surface area contributed by atoms with Crippen molar-refractivity contribution in [3.05, 3.63) is 73.3 Å². The first-order valence-electron chi connectivity index (χ1n) is 8.21. The molecule has 140 valence electrons. The maximum absolute atomic E-state index is 12.7. The molecule has 0 radical (unpaired) electrons. The van der Waals surface area contributed by atoms with Crippen molar-refractivity contribution < 1.29 is 14.1 Å². The first-order valence-corrected chi connectivity index (χ1v) is 9.90. The summed E-state index contributed by atoms with van der Waals surface area (Å²) in [5.74, 6) is 0.245. The van der Waals surface area contributed by atoms with E-state index >= 15 is 0 Å². The van der Waals surface area contributed by atoms with E-state index in [0.717, 1.165) is 22.9 Å². The Morgan fingerprint density at radius 1 is 1.32 bits per heavy atom. The number of rotatable bonds is 4. The molecule has 0 aliphatic carbocycles. The van der Waals surface area contributed by atoms with E-state index in [2.05, 4.69) is 4.98 Å². The lowest BCUT2D eigenvalue weighted by Gasteiger charge is -2.02. The number of furan rings is 1. The van der Waals surface area contributed by atoms with Crippen molar-refractivity contribution in [3.63, 3.8) is 0 Å². The number of nitro benzene ring substituents is 1. The summed E-state index contributed by atoms with van der Waals surface area (Å²) in [6.07, 6.45) is 3.25. The molecule has 3 heterocycles. The van der Waals surface area contributed by atoms with Crippen LogP contribution in [-0.2, 0) is 4.79 Å². The predicted octanol–water partition coefficient (Wildman–Crippen LogP) is 5.04. The van der Waals surface area contributed by atoms with E-state index in [0.29, 0.717) is 21.4 Å². The second kappa shape index (κ2) is 7.17. The van der Waals surface area contributed by atoms with Crippen molar-refractivity contribution in [2.75, 3.05) is 0 Å². The third-order valence-corrected chi connectivity index (χ3v) is 6.11. The zero-order valence-corrected chi connectivity index (χ0v) is 16.2. The monoisotopic (exact) mass is 411 g/mol. The van der Waals surface area contributed by atoms with Gasteiger partial charge in [-0.05, 0) is 36.8 Å². The molecule has 1 saturated heterocycles. The SMILES string of the molecule is Cc1cc([N+](=O)[O-])ccc1-c1ccc(/C=C2\SC(=N)[C@@H](c3nccs3)C2=O)o1. The molecule has 9 heteroatoms. The Bertz CT molecular complexity index is 1130. The van der Waals surface area contributed by atoms with E-state index in [-0.39, 0.29) is 16.5 Å². The number of aryl methyl sites for hydroxylation is 1. The van der Waals surface area contributed by atoms with Gasteiger partial charge in [0.1, 0.15) is 22.4 Å². The van der Waals surface area contributed by atoms with E-state index in [9.17, 15) is 14.9 Å². The number of hydrogen-bond acceptors (Lipinski definition) is 8. The number of ketones is 1. The van der Waals surface area contributed by atoms with Crippen molar-refractivity contribution in [1.29, 1.82) is 5.41 Å². The zero-order chi connectivity index (χ0) is 19.8. The Hall–Kier alpha value is -3.04. The second-order valence-electron chi connectivity index (χ2n) is 6.10. The number of non-ortho nitro benzene ring substituents is 1. The number of carbonyl (C=O) groups is 1. The molecule has 0 unspecified atom stereocenters. The van der Waals surface area contributed by atoms with Crippen molar-refractivity contribution >= 4 is 45.7 Å². The molecule has 4 rings (SSSR count). The summed E-state index contributed by atoms with van der Waals surface area (Å²) in [5, 5.41) is 21.7. The molecule has 7 nitrogen and oxygen atoms in total. The van der Waals surface area contributed by atoms with Crippen molar-refractivity contribution in [2.45, 2.75) is 12.8 Å². The molecule has 1 aliphatic rings. The summed E-state index contributed by atoms with van der Waals surface area (Å²) < 4.78 is 5.83. The first-order chi connectivity index (χ1) is 13.4. The lowest BCUT2D eigenvalue weighted by molar-refractivity contribution is -0.384. The Balaban J connectivity index is 1.61. The number of nitrogens with one attached hydrogen (secondary N) is 1. The Kier molecular flexibility index (Phi) is 4.70. The molecule has 1 N–H and O–H groups in total. The third-order valence-electron chi connectivity index (χ3n) is 4.27. The molecule has 1 fully saturated rings. The van der Waals surface area contributed by atoms with Crippen LogP contribution in [0.15, 0.2) is 51.2 Å². The summed E-state index contributed by atoms with van der Waals surface area (Å²) in [6.45, 7) is 1.78. The van der Waals surface area contributed by atoms with E-state index in [1.807, 2.05) is 0 Å². The molecule has 2 aromatic heterocycles. The summed E-state index contributed by atoms with van der Waals surface area (Å²) in [7, 11) is 0. The van der Waals surface area contributed by atoms with Gasteiger partial charge in [0, 0.05) is 29.3 Å². The van der Waals surface area contributed by atoms with E-state index in [4.69, 9.17) is 9.83 Å². The Morgan fingerprint density at radius 3 is 2.82 bits per heavy atom. The Labute approximate surface area is 167 Å². The van der Waals surface area contributed by atoms with E-state index < -0.39 is 10.8 Å². The number of carbonyl (C=O) groups excluding carboxylic acids is 1. The Morgan fingerprint density at radius 2 is 2.14 bits per heavy atom. The molecule has 0 amide bonds. The number of allylic oxidation sites excluding steroid dienone is 1. The zero-order valence-electron chi connectivity index (χ0n) is 14.5. The molecule has 0 spiro atoms. The summed E-state index contributed by atoms with van der Waals surface area (Å²) >= 11 is 2.47. The van der Waals surface area contributed by atoms with Crippen LogP contribution in [0.3, 0.4) is 0 Å². The highest BCUT2D eigenvalue weighted by atomic mass is 32.2. The lowest BCUT2D eigenvalue weighted by atomic mass is 10.1. The summed E-state index contributed by atoms with van der Waals surface area (Å²) in [6, 6.07) is 8.06. The molecule has 0 bridgehead atoms.